The minimum absolute atomic E-state index is 0.531. The maximum Gasteiger partial charge on any atom is 0.0700 e. The molecule has 1 aromatic heterocycles. The van der Waals surface area contributed by atoms with E-state index in [4.69, 9.17) is 0 Å². The van der Waals surface area contributed by atoms with E-state index < -0.39 is 0 Å². The van der Waals surface area contributed by atoms with Gasteiger partial charge in [-0.3, -0.25) is 4.68 Å². The summed E-state index contributed by atoms with van der Waals surface area (Å²) in [6.07, 6.45) is 5.50. The summed E-state index contributed by atoms with van der Waals surface area (Å²) >= 11 is 0. The number of nitrogens with zero attached hydrogens (tertiary/aromatic N) is 2. The van der Waals surface area contributed by atoms with Gasteiger partial charge in [0.1, 0.15) is 0 Å². The lowest BCUT2D eigenvalue weighted by atomic mass is 9.99. The van der Waals surface area contributed by atoms with Gasteiger partial charge in [-0.25, -0.2) is 0 Å². The fourth-order valence-corrected chi connectivity index (χ4v) is 3.12. The molecular weight excluding hydrogens is 234 g/mol. The second-order valence-corrected chi connectivity index (χ2v) is 5.31. The Labute approximate surface area is 114 Å². The predicted molar refractivity (Wildman–Crippen MR) is 78.1 cm³/mol. The first-order valence-corrected chi connectivity index (χ1v) is 7.06. The van der Waals surface area contributed by atoms with Crippen LogP contribution in [-0.2, 0) is 19.9 Å². The normalized spacial score (nSPS) is 17.7. The van der Waals surface area contributed by atoms with Crippen LogP contribution in [0, 0.1) is 0 Å². The molecule has 0 spiro atoms. The van der Waals surface area contributed by atoms with Gasteiger partial charge in [0.25, 0.3) is 0 Å². The molecule has 1 atom stereocenters. The Morgan fingerprint density at radius 2 is 2.26 bits per heavy atom. The first-order chi connectivity index (χ1) is 9.22. The van der Waals surface area contributed by atoms with Crippen LogP contribution in [0.1, 0.15) is 36.2 Å². The van der Waals surface area contributed by atoms with Crippen LogP contribution in [0.2, 0.25) is 0 Å². The van der Waals surface area contributed by atoms with Gasteiger partial charge in [-0.15, -0.1) is 0 Å². The van der Waals surface area contributed by atoms with E-state index in [0.29, 0.717) is 6.04 Å². The molecular formula is C16H21N3. The molecule has 0 amide bonds. The molecule has 0 saturated carbocycles. The van der Waals surface area contributed by atoms with Crippen molar-refractivity contribution >= 4 is 0 Å². The standard InChI is InChI=1S/C16H21N3/c1-4-15-14(10-19(3)18-15)12-5-7-13-11(9-12)6-8-16(13)17-2/h5,7,9-10,16-17H,4,6,8H2,1-3H3. The van der Waals surface area contributed by atoms with Gasteiger partial charge in [0.15, 0.2) is 0 Å². The van der Waals surface area contributed by atoms with Crippen molar-refractivity contribution in [2.45, 2.75) is 32.2 Å². The Bertz CT molecular complexity index is 598. The van der Waals surface area contributed by atoms with Crippen molar-refractivity contribution in [3.8, 4) is 11.1 Å². The monoisotopic (exact) mass is 255 g/mol. The van der Waals surface area contributed by atoms with Crippen LogP contribution in [0.5, 0.6) is 0 Å². The lowest BCUT2D eigenvalue weighted by Crippen LogP contribution is -2.12. The Kier molecular flexibility index (Phi) is 3.15. The molecule has 3 heteroatoms. The summed E-state index contributed by atoms with van der Waals surface area (Å²) in [6, 6.07) is 7.40. The molecule has 1 heterocycles. The molecule has 1 aliphatic carbocycles. The Hall–Kier alpha value is -1.61. The van der Waals surface area contributed by atoms with Crippen molar-refractivity contribution in [1.29, 1.82) is 0 Å². The van der Waals surface area contributed by atoms with E-state index in [-0.39, 0.29) is 0 Å². The fourth-order valence-electron chi connectivity index (χ4n) is 3.12. The SMILES string of the molecule is CCc1nn(C)cc1-c1ccc2c(c1)CCC2NC. The third-order valence-corrected chi connectivity index (χ3v) is 4.12. The number of nitrogens with one attached hydrogen (secondary N) is 1. The number of hydrogen-bond acceptors (Lipinski definition) is 2. The number of aryl methyl sites for hydroxylation is 3. The van der Waals surface area contributed by atoms with Gasteiger partial charge in [0.05, 0.1) is 5.69 Å². The molecule has 0 aliphatic heterocycles. The molecule has 1 N–H and O–H groups in total. The van der Waals surface area contributed by atoms with Crippen molar-refractivity contribution in [3.63, 3.8) is 0 Å². The van der Waals surface area contributed by atoms with Crippen LogP contribution < -0.4 is 5.32 Å². The van der Waals surface area contributed by atoms with Gasteiger partial charge in [0, 0.05) is 24.8 Å². The van der Waals surface area contributed by atoms with Crippen molar-refractivity contribution in [2.24, 2.45) is 7.05 Å². The molecule has 0 radical (unpaired) electrons. The van der Waals surface area contributed by atoms with Crippen LogP contribution in [-0.4, -0.2) is 16.8 Å². The topological polar surface area (TPSA) is 29.9 Å². The van der Waals surface area contributed by atoms with Crippen molar-refractivity contribution in [2.75, 3.05) is 7.05 Å². The molecule has 100 valence electrons. The lowest BCUT2D eigenvalue weighted by Gasteiger charge is -2.10. The van der Waals surface area contributed by atoms with Gasteiger partial charge in [-0.1, -0.05) is 25.1 Å². The Morgan fingerprint density at radius 1 is 1.42 bits per heavy atom. The summed E-state index contributed by atoms with van der Waals surface area (Å²) in [5, 5.41) is 7.92. The molecule has 1 aromatic carbocycles. The van der Waals surface area contributed by atoms with Crippen LogP contribution >= 0.6 is 0 Å². The van der Waals surface area contributed by atoms with E-state index >= 15 is 0 Å². The van der Waals surface area contributed by atoms with Gasteiger partial charge in [-0.05, 0) is 43.0 Å². The van der Waals surface area contributed by atoms with Crippen LogP contribution in [0.3, 0.4) is 0 Å². The minimum atomic E-state index is 0.531. The highest BCUT2D eigenvalue weighted by molar-refractivity contribution is 5.67. The molecule has 0 saturated heterocycles. The van der Waals surface area contributed by atoms with Crippen molar-refractivity contribution in [3.05, 3.63) is 41.2 Å². The van der Waals surface area contributed by atoms with E-state index in [2.05, 4.69) is 41.7 Å². The number of rotatable bonds is 3. The number of fused-ring (bicyclic) bond motifs is 1. The summed E-state index contributed by atoms with van der Waals surface area (Å²) in [5.74, 6) is 0. The first kappa shape index (κ1) is 12.4. The molecule has 0 fully saturated rings. The minimum Gasteiger partial charge on any atom is -0.313 e. The predicted octanol–water partition coefficient (Wildman–Crippen LogP) is 2.86. The zero-order valence-corrected chi connectivity index (χ0v) is 11.9. The average Bonchev–Trinajstić information content (AvgIpc) is 3.00. The van der Waals surface area contributed by atoms with E-state index in [1.54, 1.807) is 0 Å². The summed E-state index contributed by atoms with van der Waals surface area (Å²) in [4.78, 5) is 0. The lowest BCUT2D eigenvalue weighted by molar-refractivity contribution is 0.590. The van der Waals surface area contributed by atoms with Gasteiger partial charge in [-0.2, -0.15) is 5.10 Å². The van der Waals surface area contributed by atoms with Crippen molar-refractivity contribution < 1.29 is 0 Å². The summed E-state index contributed by atoms with van der Waals surface area (Å²) in [7, 11) is 4.04. The Morgan fingerprint density at radius 3 is 3.00 bits per heavy atom. The number of benzene rings is 1. The second-order valence-electron chi connectivity index (χ2n) is 5.31. The Balaban J connectivity index is 2.03. The number of hydrogen-bond donors (Lipinski definition) is 1. The highest BCUT2D eigenvalue weighted by Gasteiger charge is 2.21. The van der Waals surface area contributed by atoms with Crippen LogP contribution in [0.4, 0.5) is 0 Å². The fraction of sp³-hybridized carbons (Fsp3) is 0.438. The van der Waals surface area contributed by atoms with E-state index in [9.17, 15) is 0 Å². The molecule has 1 aliphatic rings. The molecule has 3 nitrogen and oxygen atoms in total. The first-order valence-electron chi connectivity index (χ1n) is 7.06. The highest BCUT2D eigenvalue weighted by Crippen LogP contribution is 2.34. The van der Waals surface area contributed by atoms with Crippen molar-refractivity contribution in [1.82, 2.24) is 15.1 Å². The van der Waals surface area contributed by atoms with Gasteiger partial charge < -0.3 is 5.32 Å². The zero-order valence-electron chi connectivity index (χ0n) is 11.9. The maximum absolute atomic E-state index is 4.53. The van der Waals surface area contributed by atoms with Gasteiger partial charge in [0.2, 0.25) is 0 Å². The smallest absolute Gasteiger partial charge is 0.0700 e. The summed E-state index contributed by atoms with van der Waals surface area (Å²) in [5.41, 5.74) is 6.72. The molecule has 1 unspecified atom stereocenters. The van der Waals surface area contributed by atoms with E-state index in [0.717, 1.165) is 6.42 Å². The molecule has 0 bridgehead atoms. The zero-order chi connectivity index (χ0) is 13.4. The molecule has 3 rings (SSSR count). The average molecular weight is 255 g/mol. The summed E-state index contributed by atoms with van der Waals surface area (Å²) in [6.45, 7) is 2.16. The largest absolute Gasteiger partial charge is 0.313 e. The van der Waals surface area contributed by atoms with Crippen LogP contribution in [0.15, 0.2) is 24.4 Å². The van der Waals surface area contributed by atoms with Gasteiger partial charge >= 0.3 is 0 Å². The maximum atomic E-state index is 4.53. The third-order valence-electron chi connectivity index (χ3n) is 4.12. The van der Waals surface area contributed by atoms with E-state index in [1.165, 1.54) is 40.8 Å². The summed E-state index contributed by atoms with van der Waals surface area (Å²) < 4.78 is 1.91. The quantitative estimate of drug-likeness (QED) is 0.914. The third kappa shape index (κ3) is 2.08. The molecule has 19 heavy (non-hydrogen) atoms. The van der Waals surface area contributed by atoms with Crippen LogP contribution in [0.25, 0.3) is 11.1 Å². The molecule has 2 aromatic rings. The van der Waals surface area contributed by atoms with E-state index in [1.807, 2.05) is 18.8 Å². The highest BCUT2D eigenvalue weighted by atomic mass is 15.2. The second kappa shape index (κ2) is 4.82. The number of aromatic nitrogens is 2.